The summed E-state index contributed by atoms with van der Waals surface area (Å²) in [6.45, 7) is 5.73. The molecule has 0 aliphatic carbocycles. The highest BCUT2D eigenvalue weighted by Gasteiger charge is 2.24. The maximum Gasteiger partial charge on any atom is 0.514 e. The molecule has 0 spiro atoms. The summed E-state index contributed by atoms with van der Waals surface area (Å²) in [5.41, 5.74) is 0. The topological polar surface area (TPSA) is 185 Å². The Morgan fingerprint density at radius 2 is 1.11 bits per heavy atom. The zero-order valence-electron chi connectivity index (χ0n) is 25.0. The summed E-state index contributed by atoms with van der Waals surface area (Å²) in [5, 5.41) is 0. The second kappa shape index (κ2) is 19.2. The van der Waals surface area contributed by atoms with Gasteiger partial charge in [0.15, 0.2) is 29.1 Å². The fourth-order valence-electron chi connectivity index (χ4n) is 2.99. The quantitative estimate of drug-likeness (QED) is 0.0670. The van der Waals surface area contributed by atoms with E-state index in [9.17, 15) is 28.8 Å². The van der Waals surface area contributed by atoms with E-state index >= 15 is 0 Å². The van der Waals surface area contributed by atoms with Crippen LogP contribution in [-0.2, 0) is 38.1 Å². The summed E-state index contributed by atoms with van der Waals surface area (Å²) < 4.78 is 44.8. The van der Waals surface area contributed by atoms with Gasteiger partial charge in [-0.25, -0.2) is 14.4 Å². The molecule has 0 aliphatic heterocycles. The van der Waals surface area contributed by atoms with E-state index < -0.39 is 55.7 Å². The monoisotopic (exact) mass is 642 g/mol. The Bertz CT molecular complexity index is 1470. The van der Waals surface area contributed by atoms with Crippen molar-refractivity contribution in [3.05, 3.63) is 85.2 Å². The SMILES string of the molecule is C=C(/C=C\C=C/COC(C)=O)OC(=O)OCC(COC(=O)Oc1ccccc1OC(C)=O)OC(=O)Oc1ccccc1OC(C)=O. The van der Waals surface area contributed by atoms with Crippen molar-refractivity contribution in [2.45, 2.75) is 26.9 Å². The zero-order chi connectivity index (χ0) is 33.9. The molecule has 0 radical (unpaired) electrons. The van der Waals surface area contributed by atoms with Gasteiger partial charge >= 0.3 is 36.4 Å². The van der Waals surface area contributed by atoms with Crippen LogP contribution in [0.25, 0.3) is 0 Å². The van der Waals surface area contributed by atoms with Crippen molar-refractivity contribution in [3.8, 4) is 23.0 Å². The Kier molecular flexibility index (Phi) is 15.1. The first-order valence-corrected chi connectivity index (χ1v) is 13.2. The summed E-state index contributed by atoms with van der Waals surface area (Å²) in [5.74, 6) is -2.37. The number of hydrogen-bond donors (Lipinski definition) is 0. The smallest absolute Gasteiger partial charge is 0.462 e. The van der Waals surface area contributed by atoms with Crippen LogP contribution in [0, 0.1) is 0 Å². The van der Waals surface area contributed by atoms with Crippen LogP contribution in [0.4, 0.5) is 14.4 Å². The van der Waals surface area contributed by atoms with Crippen molar-refractivity contribution in [1.82, 2.24) is 0 Å². The molecule has 0 aliphatic rings. The number of allylic oxidation sites excluding steroid dienone is 3. The van der Waals surface area contributed by atoms with Crippen molar-refractivity contribution >= 4 is 36.4 Å². The summed E-state index contributed by atoms with van der Waals surface area (Å²) in [6, 6.07) is 11.5. The molecule has 2 rings (SSSR count). The van der Waals surface area contributed by atoms with Gasteiger partial charge < -0.3 is 42.6 Å². The minimum absolute atomic E-state index is 0.0442. The lowest BCUT2D eigenvalue weighted by atomic mass is 10.3. The van der Waals surface area contributed by atoms with Crippen LogP contribution in [0.15, 0.2) is 85.2 Å². The van der Waals surface area contributed by atoms with Crippen molar-refractivity contribution in [1.29, 1.82) is 0 Å². The Morgan fingerprint density at radius 1 is 0.630 bits per heavy atom. The first kappa shape index (κ1) is 36.1. The van der Waals surface area contributed by atoms with Gasteiger partial charge in [-0.2, -0.15) is 0 Å². The summed E-state index contributed by atoms with van der Waals surface area (Å²) >= 11 is 0. The third-order valence-corrected chi connectivity index (χ3v) is 4.76. The summed E-state index contributed by atoms with van der Waals surface area (Å²) in [4.78, 5) is 70.5. The minimum Gasteiger partial charge on any atom is -0.462 e. The van der Waals surface area contributed by atoms with Crippen LogP contribution in [0.5, 0.6) is 23.0 Å². The summed E-state index contributed by atoms with van der Waals surface area (Å²) in [6.07, 6.45) is 0.450. The van der Waals surface area contributed by atoms with E-state index in [0.29, 0.717) is 0 Å². The molecule has 0 saturated carbocycles. The molecule has 0 bridgehead atoms. The molecule has 46 heavy (non-hydrogen) atoms. The highest BCUT2D eigenvalue weighted by Crippen LogP contribution is 2.28. The molecule has 1 atom stereocenters. The van der Waals surface area contributed by atoms with Crippen molar-refractivity contribution < 1.29 is 71.4 Å². The van der Waals surface area contributed by atoms with Gasteiger partial charge in [-0.1, -0.05) is 43.0 Å². The van der Waals surface area contributed by atoms with E-state index in [0.717, 1.165) is 13.8 Å². The van der Waals surface area contributed by atoms with Crippen LogP contribution in [0.3, 0.4) is 0 Å². The number of rotatable bonds is 14. The molecule has 0 N–H and O–H groups in total. The number of benzene rings is 2. The van der Waals surface area contributed by atoms with E-state index in [2.05, 4.69) is 6.58 Å². The lowest BCUT2D eigenvalue weighted by Gasteiger charge is -2.18. The van der Waals surface area contributed by atoms with Crippen molar-refractivity contribution in [3.63, 3.8) is 0 Å². The van der Waals surface area contributed by atoms with E-state index in [-0.39, 0.29) is 35.4 Å². The fourth-order valence-corrected chi connectivity index (χ4v) is 2.99. The van der Waals surface area contributed by atoms with Crippen LogP contribution in [-0.4, -0.2) is 62.3 Å². The maximum atomic E-state index is 12.6. The highest BCUT2D eigenvalue weighted by molar-refractivity contribution is 5.73. The standard InChI is InChI=1S/C31H30O15/c1-20(12-6-5-11-17-38-21(2)32)41-29(35)39-18-24(44-31(37)46-28-16-10-8-14-26(28)43-23(4)34)19-40-30(36)45-27-15-9-7-13-25(27)42-22(3)33/h5-16,24H,1,17-19H2,2-4H3/b11-5-,12-6-. The predicted octanol–water partition coefficient (Wildman–Crippen LogP) is 4.98. The van der Waals surface area contributed by atoms with Gasteiger partial charge in [-0.3, -0.25) is 14.4 Å². The molecule has 244 valence electrons. The lowest BCUT2D eigenvalue weighted by Crippen LogP contribution is -2.32. The second-order valence-electron chi connectivity index (χ2n) is 8.55. The number of esters is 3. The molecule has 0 aromatic heterocycles. The van der Waals surface area contributed by atoms with E-state index in [1.807, 2.05) is 0 Å². The van der Waals surface area contributed by atoms with Gasteiger partial charge in [0.1, 0.15) is 25.6 Å². The maximum absolute atomic E-state index is 12.6. The third-order valence-electron chi connectivity index (χ3n) is 4.76. The molecule has 2 aromatic rings. The van der Waals surface area contributed by atoms with Crippen molar-refractivity contribution in [2.75, 3.05) is 19.8 Å². The molecule has 0 fully saturated rings. The highest BCUT2D eigenvalue weighted by atomic mass is 16.8. The fraction of sp³-hybridized carbons (Fsp3) is 0.226. The molecule has 15 nitrogen and oxygen atoms in total. The second-order valence-corrected chi connectivity index (χ2v) is 8.55. The molecule has 0 amide bonds. The average Bonchev–Trinajstić information content (AvgIpc) is 2.97. The van der Waals surface area contributed by atoms with Crippen LogP contribution in [0.2, 0.25) is 0 Å². The number of para-hydroxylation sites is 4. The van der Waals surface area contributed by atoms with E-state index in [4.69, 9.17) is 42.6 Å². The normalized spacial score (nSPS) is 11.1. The predicted molar refractivity (Wildman–Crippen MR) is 155 cm³/mol. The Labute approximate surface area is 262 Å². The largest absolute Gasteiger partial charge is 0.514 e. The first-order valence-electron chi connectivity index (χ1n) is 13.2. The van der Waals surface area contributed by atoms with Gasteiger partial charge in [0.25, 0.3) is 0 Å². The molecule has 15 heteroatoms. The number of carbonyl (C=O) groups excluding carboxylic acids is 6. The zero-order valence-corrected chi connectivity index (χ0v) is 25.0. The van der Waals surface area contributed by atoms with E-state index in [1.165, 1.54) is 79.8 Å². The Hall–Kier alpha value is -6.12. The Morgan fingerprint density at radius 3 is 1.61 bits per heavy atom. The number of carbonyl (C=O) groups is 6. The first-order chi connectivity index (χ1) is 21.9. The number of hydrogen-bond acceptors (Lipinski definition) is 15. The molecule has 0 saturated heterocycles. The summed E-state index contributed by atoms with van der Waals surface area (Å²) in [7, 11) is 0. The van der Waals surface area contributed by atoms with Gasteiger partial charge in [0.2, 0.25) is 0 Å². The van der Waals surface area contributed by atoms with Gasteiger partial charge in [-0.05, 0) is 36.4 Å². The molecule has 2 aromatic carbocycles. The van der Waals surface area contributed by atoms with Crippen LogP contribution >= 0.6 is 0 Å². The molecular formula is C31H30O15. The lowest BCUT2D eigenvalue weighted by molar-refractivity contribution is -0.139. The molecular weight excluding hydrogens is 612 g/mol. The average molecular weight is 643 g/mol. The van der Waals surface area contributed by atoms with Gasteiger partial charge in [0.05, 0.1) is 0 Å². The van der Waals surface area contributed by atoms with E-state index in [1.54, 1.807) is 0 Å². The van der Waals surface area contributed by atoms with Crippen LogP contribution < -0.4 is 18.9 Å². The van der Waals surface area contributed by atoms with Gasteiger partial charge in [-0.15, -0.1) is 0 Å². The minimum atomic E-state index is -1.47. The molecule has 1 unspecified atom stereocenters. The number of ether oxygens (including phenoxy) is 9. The molecule has 0 heterocycles. The Balaban J connectivity index is 2.04. The van der Waals surface area contributed by atoms with Crippen molar-refractivity contribution in [2.24, 2.45) is 0 Å². The van der Waals surface area contributed by atoms with Gasteiger partial charge in [0, 0.05) is 20.8 Å². The third kappa shape index (κ3) is 14.9. The van der Waals surface area contributed by atoms with Crippen LogP contribution in [0.1, 0.15) is 20.8 Å².